The summed E-state index contributed by atoms with van der Waals surface area (Å²) >= 11 is 0. The maximum absolute atomic E-state index is 12.1. The summed E-state index contributed by atoms with van der Waals surface area (Å²) in [5.41, 5.74) is 1.37. The van der Waals surface area contributed by atoms with Gasteiger partial charge < -0.3 is 19.6 Å². The van der Waals surface area contributed by atoms with Crippen molar-refractivity contribution in [2.75, 3.05) is 31.1 Å². The Morgan fingerprint density at radius 1 is 1.12 bits per heavy atom. The number of rotatable bonds is 2. The molecule has 0 bridgehead atoms. The average molecular weight is 344 g/mol. The van der Waals surface area contributed by atoms with Gasteiger partial charge in [0, 0.05) is 37.4 Å². The molecule has 2 rings (SSSR count). The predicted octanol–water partition coefficient (Wildman–Crippen LogP) is 2.57. The highest BCUT2D eigenvalue weighted by Crippen LogP contribution is 2.18. The van der Waals surface area contributed by atoms with Crippen molar-refractivity contribution < 1.29 is 19.4 Å². The van der Waals surface area contributed by atoms with E-state index in [4.69, 9.17) is 9.84 Å². The lowest BCUT2D eigenvalue weighted by Gasteiger charge is -2.36. The summed E-state index contributed by atoms with van der Waals surface area (Å²) in [6.45, 7) is 8.31. The lowest BCUT2D eigenvalue weighted by atomic mass is 10.1. The number of benzene rings is 1. The number of ether oxygens (including phenoxy) is 1. The van der Waals surface area contributed by atoms with Crippen molar-refractivity contribution in [1.29, 1.82) is 0 Å². The molecule has 0 unspecified atom stereocenters. The standard InChI is InChI=1S/C19H24N2O4/c1-19(2,3)25-18(24)21-13-11-20(12-14-21)16-9-7-15(8-10-16)5-4-6-17(22)23/h7-10H,6,11-14H2,1-3H3,(H,22,23). The Bertz CT molecular complexity index is 672. The SMILES string of the molecule is CC(C)(C)OC(=O)N1CCN(c2ccc(C#CCC(=O)O)cc2)CC1. The van der Waals surface area contributed by atoms with Crippen LogP contribution in [0.25, 0.3) is 0 Å². The first-order valence-corrected chi connectivity index (χ1v) is 8.28. The van der Waals surface area contributed by atoms with Crippen LogP contribution in [0.1, 0.15) is 32.8 Å². The highest BCUT2D eigenvalue weighted by Gasteiger charge is 2.25. The van der Waals surface area contributed by atoms with E-state index in [0.29, 0.717) is 13.1 Å². The zero-order valence-corrected chi connectivity index (χ0v) is 14.9. The van der Waals surface area contributed by atoms with Crippen LogP contribution < -0.4 is 4.90 Å². The van der Waals surface area contributed by atoms with Crippen LogP contribution in [-0.2, 0) is 9.53 Å². The number of carbonyl (C=O) groups excluding carboxylic acids is 1. The Balaban J connectivity index is 1.89. The third kappa shape index (κ3) is 6.03. The molecule has 0 aromatic heterocycles. The molecule has 6 heteroatoms. The lowest BCUT2D eigenvalue weighted by molar-refractivity contribution is -0.135. The summed E-state index contributed by atoms with van der Waals surface area (Å²) in [7, 11) is 0. The minimum absolute atomic E-state index is 0.158. The van der Waals surface area contributed by atoms with Crippen LogP contribution in [0, 0.1) is 11.8 Å². The smallest absolute Gasteiger partial charge is 0.410 e. The summed E-state index contributed by atoms with van der Waals surface area (Å²) < 4.78 is 5.40. The average Bonchev–Trinajstić information content (AvgIpc) is 2.54. The van der Waals surface area contributed by atoms with Gasteiger partial charge >= 0.3 is 12.1 Å². The third-order valence-electron chi connectivity index (χ3n) is 3.64. The molecule has 134 valence electrons. The second kappa shape index (κ2) is 7.93. The summed E-state index contributed by atoms with van der Waals surface area (Å²) in [5, 5.41) is 8.58. The number of hydrogen-bond donors (Lipinski definition) is 1. The van der Waals surface area contributed by atoms with Crippen LogP contribution in [0.2, 0.25) is 0 Å². The van der Waals surface area contributed by atoms with Crippen molar-refractivity contribution in [2.24, 2.45) is 0 Å². The Kier molecular flexibility index (Phi) is 5.92. The van der Waals surface area contributed by atoms with Crippen molar-refractivity contribution in [1.82, 2.24) is 4.90 Å². The molecule has 1 aliphatic heterocycles. The minimum Gasteiger partial charge on any atom is -0.481 e. The first-order chi connectivity index (χ1) is 11.7. The fourth-order valence-corrected chi connectivity index (χ4v) is 2.45. The number of piperazine rings is 1. The molecular weight excluding hydrogens is 320 g/mol. The van der Waals surface area contributed by atoms with E-state index in [1.165, 1.54) is 0 Å². The van der Waals surface area contributed by atoms with Gasteiger partial charge in [-0.15, -0.1) is 0 Å². The van der Waals surface area contributed by atoms with E-state index in [0.717, 1.165) is 24.3 Å². The van der Waals surface area contributed by atoms with Crippen molar-refractivity contribution in [3.8, 4) is 11.8 Å². The van der Waals surface area contributed by atoms with Crippen molar-refractivity contribution in [3.63, 3.8) is 0 Å². The maximum Gasteiger partial charge on any atom is 0.410 e. The molecule has 0 aliphatic carbocycles. The monoisotopic (exact) mass is 344 g/mol. The number of hydrogen-bond acceptors (Lipinski definition) is 4. The maximum atomic E-state index is 12.1. The van der Waals surface area contributed by atoms with Gasteiger partial charge in [-0.3, -0.25) is 4.79 Å². The molecule has 1 heterocycles. The van der Waals surface area contributed by atoms with E-state index in [2.05, 4.69) is 16.7 Å². The molecule has 1 N–H and O–H groups in total. The number of amides is 1. The molecule has 0 atom stereocenters. The summed E-state index contributed by atoms with van der Waals surface area (Å²) in [5.74, 6) is 4.52. The first kappa shape index (κ1) is 18.7. The second-order valence-corrected chi connectivity index (χ2v) is 6.87. The van der Waals surface area contributed by atoms with Gasteiger partial charge in [0.25, 0.3) is 0 Å². The summed E-state index contributed by atoms with van der Waals surface area (Å²) in [6, 6.07) is 7.69. The molecule has 1 amide bonds. The van der Waals surface area contributed by atoms with Gasteiger partial charge in [0.2, 0.25) is 0 Å². The number of nitrogens with zero attached hydrogens (tertiary/aromatic N) is 2. The molecule has 1 aromatic carbocycles. The summed E-state index contributed by atoms with van der Waals surface area (Å²) in [6.07, 6.45) is -0.426. The topological polar surface area (TPSA) is 70.1 Å². The number of carboxylic acids is 1. The van der Waals surface area contributed by atoms with Gasteiger partial charge in [-0.25, -0.2) is 4.79 Å². The van der Waals surface area contributed by atoms with Crippen molar-refractivity contribution >= 4 is 17.7 Å². The van der Waals surface area contributed by atoms with Crippen LogP contribution in [0.15, 0.2) is 24.3 Å². The highest BCUT2D eigenvalue weighted by molar-refractivity contribution is 5.70. The first-order valence-electron chi connectivity index (χ1n) is 8.28. The molecule has 1 aromatic rings. The molecular formula is C19H24N2O4. The van der Waals surface area contributed by atoms with Gasteiger partial charge in [0.05, 0.1) is 0 Å². The van der Waals surface area contributed by atoms with Gasteiger partial charge in [0.15, 0.2) is 0 Å². The Hall–Kier alpha value is -2.68. The molecule has 1 saturated heterocycles. The number of carboxylic acid groups (broad SMARTS) is 1. The Morgan fingerprint density at radius 3 is 2.24 bits per heavy atom. The molecule has 0 saturated carbocycles. The van der Waals surface area contributed by atoms with Crippen LogP contribution >= 0.6 is 0 Å². The van der Waals surface area contributed by atoms with Crippen LogP contribution in [0.4, 0.5) is 10.5 Å². The number of aliphatic carboxylic acids is 1. The van der Waals surface area contributed by atoms with E-state index in [1.54, 1.807) is 4.90 Å². The van der Waals surface area contributed by atoms with E-state index in [1.807, 2.05) is 45.0 Å². The fraction of sp³-hybridized carbons (Fsp3) is 0.474. The molecule has 6 nitrogen and oxygen atoms in total. The van der Waals surface area contributed by atoms with Gasteiger partial charge in [-0.1, -0.05) is 11.8 Å². The molecule has 1 fully saturated rings. The zero-order chi connectivity index (χ0) is 18.4. The zero-order valence-electron chi connectivity index (χ0n) is 14.9. The molecule has 1 aliphatic rings. The second-order valence-electron chi connectivity index (χ2n) is 6.87. The quantitative estimate of drug-likeness (QED) is 0.835. The van der Waals surface area contributed by atoms with E-state index < -0.39 is 11.6 Å². The van der Waals surface area contributed by atoms with E-state index >= 15 is 0 Å². The van der Waals surface area contributed by atoms with E-state index in [-0.39, 0.29) is 12.5 Å². The fourth-order valence-electron chi connectivity index (χ4n) is 2.45. The largest absolute Gasteiger partial charge is 0.481 e. The Morgan fingerprint density at radius 2 is 1.72 bits per heavy atom. The molecule has 0 spiro atoms. The summed E-state index contributed by atoms with van der Waals surface area (Å²) in [4.78, 5) is 26.5. The molecule has 25 heavy (non-hydrogen) atoms. The van der Waals surface area contributed by atoms with Gasteiger partial charge in [-0.05, 0) is 45.0 Å². The van der Waals surface area contributed by atoms with E-state index in [9.17, 15) is 9.59 Å². The number of anilines is 1. The number of carbonyl (C=O) groups is 2. The van der Waals surface area contributed by atoms with Crippen molar-refractivity contribution in [3.05, 3.63) is 29.8 Å². The third-order valence-corrected chi connectivity index (χ3v) is 3.64. The normalized spacial score (nSPS) is 14.5. The van der Waals surface area contributed by atoms with Crippen molar-refractivity contribution in [2.45, 2.75) is 32.8 Å². The predicted molar refractivity (Wildman–Crippen MR) is 95.6 cm³/mol. The van der Waals surface area contributed by atoms with Crippen LogP contribution in [-0.4, -0.2) is 53.8 Å². The minimum atomic E-state index is -0.924. The lowest BCUT2D eigenvalue weighted by Crippen LogP contribution is -2.50. The van der Waals surface area contributed by atoms with Crippen LogP contribution in [0.5, 0.6) is 0 Å². The van der Waals surface area contributed by atoms with Crippen LogP contribution in [0.3, 0.4) is 0 Å². The highest BCUT2D eigenvalue weighted by atomic mass is 16.6. The Labute approximate surface area is 148 Å². The van der Waals surface area contributed by atoms with Gasteiger partial charge in [-0.2, -0.15) is 0 Å². The van der Waals surface area contributed by atoms with Gasteiger partial charge in [0.1, 0.15) is 12.0 Å². The molecule has 0 radical (unpaired) electrons.